The lowest BCUT2D eigenvalue weighted by Gasteiger charge is -2.02. The minimum absolute atomic E-state index is 0.598. The second kappa shape index (κ2) is 7.83. The van der Waals surface area contributed by atoms with Crippen molar-refractivity contribution < 1.29 is 9.53 Å². The van der Waals surface area contributed by atoms with Crippen molar-refractivity contribution in [2.24, 2.45) is 0 Å². The first kappa shape index (κ1) is 12.7. The molecule has 86 valence electrons. The Morgan fingerprint density at radius 2 is 2.06 bits per heavy atom. The van der Waals surface area contributed by atoms with Crippen LogP contribution in [0.15, 0.2) is 42.0 Å². The first-order valence-electron chi connectivity index (χ1n) is 5.54. The molecule has 0 fully saturated rings. The van der Waals surface area contributed by atoms with Crippen LogP contribution in [-0.4, -0.2) is 12.9 Å². The third-order valence-corrected chi connectivity index (χ3v) is 2.32. The maximum Gasteiger partial charge on any atom is 0.120 e. The van der Waals surface area contributed by atoms with Crippen molar-refractivity contribution in [1.82, 2.24) is 0 Å². The molecule has 0 aliphatic carbocycles. The van der Waals surface area contributed by atoms with E-state index in [1.165, 1.54) is 11.1 Å². The summed E-state index contributed by atoms with van der Waals surface area (Å²) in [6.07, 6.45) is 4.41. The number of rotatable bonds is 7. The number of hydrogen-bond donors (Lipinski definition) is 0. The van der Waals surface area contributed by atoms with E-state index < -0.39 is 0 Å². The Morgan fingerprint density at radius 1 is 1.31 bits per heavy atom. The molecule has 16 heavy (non-hydrogen) atoms. The molecule has 2 heteroatoms. The molecule has 0 aromatic heterocycles. The quantitative estimate of drug-likeness (QED) is 0.399. The highest BCUT2D eigenvalue weighted by atomic mass is 16.5. The highest BCUT2D eigenvalue weighted by molar-refractivity contribution is 5.49. The van der Waals surface area contributed by atoms with Gasteiger partial charge in [-0.2, -0.15) is 0 Å². The second-order valence-electron chi connectivity index (χ2n) is 3.76. The Kier molecular flexibility index (Phi) is 6.19. The van der Waals surface area contributed by atoms with Crippen LogP contribution in [0, 0.1) is 0 Å². The number of carbonyl (C=O) groups excluding carboxylic acids is 1. The minimum atomic E-state index is 0.598. The molecule has 0 N–H and O–H groups in total. The molecule has 0 spiro atoms. The average molecular weight is 218 g/mol. The Bertz CT molecular complexity index is 328. The molecule has 1 aromatic carbocycles. The first-order chi connectivity index (χ1) is 7.83. The monoisotopic (exact) mass is 218 g/mol. The standard InChI is InChI=1S/C14H18O2/c1-13(6-5-10-15)9-11-16-12-14-7-3-2-4-8-14/h2-4,7-10H,5-6,11-12H2,1H3. The van der Waals surface area contributed by atoms with Gasteiger partial charge < -0.3 is 9.53 Å². The maximum absolute atomic E-state index is 10.2. The molecule has 0 saturated carbocycles. The molecular formula is C14H18O2. The summed E-state index contributed by atoms with van der Waals surface area (Å²) in [6, 6.07) is 10.1. The van der Waals surface area contributed by atoms with Crippen LogP contribution in [0.2, 0.25) is 0 Å². The topological polar surface area (TPSA) is 26.3 Å². The predicted octanol–water partition coefficient (Wildman–Crippen LogP) is 3.13. The van der Waals surface area contributed by atoms with Gasteiger partial charge in [-0.05, 0) is 18.9 Å². The summed E-state index contributed by atoms with van der Waals surface area (Å²) in [5.41, 5.74) is 2.39. The summed E-state index contributed by atoms with van der Waals surface area (Å²) in [7, 11) is 0. The van der Waals surface area contributed by atoms with Crippen LogP contribution >= 0.6 is 0 Å². The largest absolute Gasteiger partial charge is 0.373 e. The smallest absolute Gasteiger partial charge is 0.120 e. The molecule has 0 saturated heterocycles. The Morgan fingerprint density at radius 3 is 2.75 bits per heavy atom. The van der Waals surface area contributed by atoms with E-state index in [0.29, 0.717) is 19.6 Å². The normalized spacial score (nSPS) is 11.4. The fourth-order valence-corrected chi connectivity index (χ4v) is 1.34. The molecular weight excluding hydrogens is 200 g/mol. The van der Waals surface area contributed by atoms with Gasteiger partial charge in [0.2, 0.25) is 0 Å². The van der Waals surface area contributed by atoms with E-state index in [0.717, 1.165) is 12.7 Å². The van der Waals surface area contributed by atoms with Gasteiger partial charge in [-0.15, -0.1) is 0 Å². The van der Waals surface area contributed by atoms with Crippen molar-refractivity contribution in [3.63, 3.8) is 0 Å². The summed E-state index contributed by atoms with van der Waals surface area (Å²) < 4.78 is 5.51. The zero-order valence-corrected chi connectivity index (χ0v) is 9.69. The number of allylic oxidation sites excluding steroid dienone is 1. The third kappa shape index (κ3) is 5.47. The highest BCUT2D eigenvalue weighted by Crippen LogP contribution is 2.03. The zero-order valence-electron chi connectivity index (χ0n) is 9.69. The lowest BCUT2D eigenvalue weighted by Crippen LogP contribution is -1.93. The van der Waals surface area contributed by atoms with E-state index >= 15 is 0 Å². The lowest BCUT2D eigenvalue weighted by molar-refractivity contribution is -0.107. The van der Waals surface area contributed by atoms with Gasteiger partial charge in [-0.25, -0.2) is 0 Å². The molecule has 2 nitrogen and oxygen atoms in total. The van der Waals surface area contributed by atoms with E-state index in [9.17, 15) is 4.79 Å². The maximum atomic E-state index is 10.2. The Hall–Kier alpha value is -1.41. The van der Waals surface area contributed by atoms with Crippen molar-refractivity contribution >= 4 is 6.29 Å². The Balaban J connectivity index is 2.18. The van der Waals surface area contributed by atoms with Gasteiger partial charge in [-0.3, -0.25) is 0 Å². The zero-order chi connectivity index (χ0) is 11.6. The van der Waals surface area contributed by atoms with Gasteiger partial charge in [0.25, 0.3) is 0 Å². The van der Waals surface area contributed by atoms with Crippen molar-refractivity contribution in [3.05, 3.63) is 47.5 Å². The number of hydrogen-bond acceptors (Lipinski definition) is 2. The predicted molar refractivity (Wildman–Crippen MR) is 65.2 cm³/mol. The van der Waals surface area contributed by atoms with Gasteiger partial charge in [0, 0.05) is 6.42 Å². The second-order valence-corrected chi connectivity index (χ2v) is 3.76. The summed E-state index contributed by atoms with van der Waals surface area (Å²) in [5.74, 6) is 0. The van der Waals surface area contributed by atoms with Crippen LogP contribution in [0.4, 0.5) is 0 Å². The van der Waals surface area contributed by atoms with Crippen molar-refractivity contribution in [1.29, 1.82) is 0 Å². The van der Waals surface area contributed by atoms with Crippen LogP contribution in [-0.2, 0) is 16.1 Å². The fraction of sp³-hybridized carbons (Fsp3) is 0.357. The van der Waals surface area contributed by atoms with Crippen LogP contribution in [0.25, 0.3) is 0 Å². The van der Waals surface area contributed by atoms with E-state index in [2.05, 4.69) is 0 Å². The fourth-order valence-electron chi connectivity index (χ4n) is 1.34. The van der Waals surface area contributed by atoms with E-state index in [1.54, 1.807) is 0 Å². The molecule has 0 aliphatic heterocycles. The van der Waals surface area contributed by atoms with Crippen LogP contribution in [0.5, 0.6) is 0 Å². The van der Waals surface area contributed by atoms with Gasteiger partial charge in [0.05, 0.1) is 13.2 Å². The Labute approximate surface area is 96.9 Å². The van der Waals surface area contributed by atoms with Gasteiger partial charge in [0.1, 0.15) is 6.29 Å². The van der Waals surface area contributed by atoms with E-state index in [4.69, 9.17) is 4.74 Å². The number of carbonyl (C=O) groups is 1. The number of benzene rings is 1. The first-order valence-corrected chi connectivity index (χ1v) is 5.54. The van der Waals surface area contributed by atoms with Crippen molar-refractivity contribution in [2.75, 3.05) is 6.61 Å². The minimum Gasteiger partial charge on any atom is -0.373 e. The molecule has 0 unspecified atom stereocenters. The molecule has 0 amide bonds. The van der Waals surface area contributed by atoms with Crippen LogP contribution in [0.3, 0.4) is 0 Å². The summed E-state index contributed by atoms with van der Waals surface area (Å²) in [5, 5.41) is 0. The average Bonchev–Trinajstić information content (AvgIpc) is 2.33. The van der Waals surface area contributed by atoms with E-state index in [1.807, 2.05) is 43.3 Å². The van der Waals surface area contributed by atoms with E-state index in [-0.39, 0.29) is 0 Å². The van der Waals surface area contributed by atoms with Crippen LogP contribution in [0.1, 0.15) is 25.3 Å². The molecule has 0 atom stereocenters. The van der Waals surface area contributed by atoms with Gasteiger partial charge in [-0.1, -0.05) is 42.0 Å². The highest BCUT2D eigenvalue weighted by Gasteiger charge is 1.91. The van der Waals surface area contributed by atoms with Gasteiger partial charge >= 0.3 is 0 Å². The molecule has 0 bridgehead atoms. The van der Waals surface area contributed by atoms with Crippen molar-refractivity contribution in [3.8, 4) is 0 Å². The molecule has 0 heterocycles. The third-order valence-electron chi connectivity index (χ3n) is 2.32. The summed E-state index contributed by atoms with van der Waals surface area (Å²) >= 11 is 0. The number of ether oxygens (including phenoxy) is 1. The summed E-state index contributed by atoms with van der Waals surface area (Å²) in [6.45, 7) is 3.27. The van der Waals surface area contributed by atoms with Gasteiger partial charge in [0.15, 0.2) is 0 Å². The molecule has 1 rings (SSSR count). The lowest BCUT2D eigenvalue weighted by atomic mass is 10.2. The number of aldehydes is 1. The van der Waals surface area contributed by atoms with Crippen LogP contribution < -0.4 is 0 Å². The molecule has 0 aliphatic rings. The molecule has 0 radical (unpaired) electrons. The molecule has 1 aromatic rings. The van der Waals surface area contributed by atoms with Crippen molar-refractivity contribution in [2.45, 2.75) is 26.4 Å². The summed E-state index contributed by atoms with van der Waals surface area (Å²) in [4.78, 5) is 10.2. The SMILES string of the molecule is CC(=CCOCc1ccccc1)CCC=O.